The zero-order chi connectivity index (χ0) is 13.6. The number of primary amides is 1. The Morgan fingerprint density at radius 1 is 1.37 bits per heavy atom. The fourth-order valence-corrected chi connectivity index (χ4v) is 3.11. The first-order valence-corrected chi connectivity index (χ1v) is 6.58. The standard InChI is InChI=1S/C15H16N2O2/c1-2-17-13-7-6-9(18)8-12(13)10-4-3-5-11(14(10)17)15(16)19/h3-5H,2,6-8H2,1H3,(H2,16,19). The summed E-state index contributed by atoms with van der Waals surface area (Å²) in [5.74, 6) is -0.145. The van der Waals surface area contributed by atoms with Gasteiger partial charge in [0.15, 0.2) is 0 Å². The summed E-state index contributed by atoms with van der Waals surface area (Å²) in [5, 5.41) is 1.00. The molecule has 2 N–H and O–H groups in total. The lowest BCUT2D eigenvalue weighted by molar-refractivity contribution is -0.118. The summed E-state index contributed by atoms with van der Waals surface area (Å²) in [7, 11) is 0. The van der Waals surface area contributed by atoms with Crippen molar-refractivity contribution in [3.63, 3.8) is 0 Å². The van der Waals surface area contributed by atoms with Crippen LogP contribution in [-0.4, -0.2) is 16.3 Å². The van der Waals surface area contributed by atoms with Crippen LogP contribution < -0.4 is 5.73 Å². The van der Waals surface area contributed by atoms with E-state index in [2.05, 4.69) is 4.57 Å². The van der Waals surface area contributed by atoms with Crippen molar-refractivity contribution in [1.29, 1.82) is 0 Å². The first kappa shape index (κ1) is 12.0. The number of rotatable bonds is 2. The fourth-order valence-electron chi connectivity index (χ4n) is 3.11. The van der Waals surface area contributed by atoms with E-state index < -0.39 is 5.91 Å². The van der Waals surface area contributed by atoms with Crippen LogP contribution in [0.1, 0.15) is 35.0 Å². The minimum Gasteiger partial charge on any atom is -0.366 e. The normalized spacial score (nSPS) is 14.7. The van der Waals surface area contributed by atoms with Crippen molar-refractivity contribution in [3.05, 3.63) is 35.0 Å². The number of aryl methyl sites for hydroxylation is 1. The number of hydrogen-bond donors (Lipinski definition) is 1. The number of para-hydroxylation sites is 1. The molecule has 1 aromatic heterocycles. The molecule has 0 atom stereocenters. The number of amides is 1. The summed E-state index contributed by atoms with van der Waals surface area (Å²) in [6.45, 7) is 2.83. The summed E-state index contributed by atoms with van der Waals surface area (Å²) in [5.41, 5.74) is 9.16. The van der Waals surface area contributed by atoms with Gasteiger partial charge >= 0.3 is 0 Å². The molecule has 2 aromatic rings. The van der Waals surface area contributed by atoms with Crippen LogP contribution in [0.25, 0.3) is 10.9 Å². The third kappa shape index (κ3) is 1.67. The molecular formula is C15H16N2O2. The van der Waals surface area contributed by atoms with Crippen LogP contribution in [0, 0.1) is 0 Å². The molecule has 3 rings (SSSR count). The van der Waals surface area contributed by atoms with E-state index in [9.17, 15) is 9.59 Å². The maximum Gasteiger partial charge on any atom is 0.250 e. The number of aromatic nitrogens is 1. The van der Waals surface area contributed by atoms with Crippen LogP contribution in [0.3, 0.4) is 0 Å². The highest BCUT2D eigenvalue weighted by molar-refractivity contribution is 6.07. The molecule has 0 fully saturated rings. The predicted octanol–water partition coefficient (Wildman–Crippen LogP) is 1.82. The second-order valence-electron chi connectivity index (χ2n) is 4.95. The SMILES string of the molecule is CCn1c2c(c3cccc(C(N)=O)c31)CC(=O)CC2. The van der Waals surface area contributed by atoms with Gasteiger partial charge in [0.1, 0.15) is 5.78 Å². The number of ketones is 1. The van der Waals surface area contributed by atoms with Crippen molar-refractivity contribution >= 4 is 22.6 Å². The largest absolute Gasteiger partial charge is 0.366 e. The molecule has 98 valence electrons. The number of benzene rings is 1. The molecule has 0 bridgehead atoms. The molecule has 0 saturated heterocycles. The number of fused-ring (bicyclic) bond motifs is 3. The Morgan fingerprint density at radius 3 is 2.84 bits per heavy atom. The highest BCUT2D eigenvalue weighted by Gasteiger charge is 2.25. The summed E-state index contributed by atoms with van der Waals surface area (Å²) in [6.07, 6.45) is 1.82. The lowest BCUT2D eigenvalue weighted by atomic mass is 9.94. The van der Waals surface area contributed by atoms with E-state index in [0.29, 0.717) is 18.4 Å². The Morgan fingerprint density at radius 2 is 2.16 bits per heavy atom. The summed E-state index contributed by atoms with van der Waals surface area (Å²) in [6, 6.07) is 5.57. The number of nitrogens with zero attached hydrogens (tertiary/aromatic N) is 1. The molecule has 1 aliphatic carbocycles. The Hall–Kier alpha value is -2.10. The molecule has 0 aliphatic heterocycles. The second-order valence-corrected chi connectivity index (χ2v) is 4.95. The fraction of sp³-hybridized carbons (Fsp3) is 0.333. The van der Waals surface area contributed by atoms with Crippen molar-refractivity contribution in [2.75, 3.05) is 0 Å². The average molecular weight is 256 g/mol. The molecule has 0 unspecified atom stereocenters. The molecule has 1 amide bonds. The first-order valence-electron chi connectivity index (χ1n) is 6.58. The number of carbonyl (C=O) groups is 2. The Balaban J connectivity index is 2.41. The van der Waals surface area contributed by atoms with E-state index in [1.54, 1.807) is 6.07 Å². The van der Waals surface area contributed by atoms with Crippen molar-refractivity contribution in [3.8, 4) is 0 Å². The quantitative estimate of drug-likeness (QED) is 0.890. The average Bonchev–Trinajstić information content (AvgIpc) is 2.71. The molecule has 1 aliphatic rings. The predicted molar refractivity (Wildman–Crippen MR) is 73.2 cm³/mol. The van der Waals surface area contributed by atoms with Gasteiger partial charge in [0, 0.05) is 30.5 Å². The zero-order valence-corrected chi connectivity index (χ0v) is 10.9. The Bertz CT molecular complexity index is 698. The number of nitrogens with two attached hydrogens (primary N) is 1. The third-order valence-electron chi connectivity index (χ3n) is 3.90. The highest BCUT2D eigenvalue weighted by Crippen LogP contribution is 2.32. The van der Waals surface area contributed by atoms with Gasteiger partial charge in [0.05, 0.1) is 11.1 Å². The lowest BCUT2D eigenvalue weighted by Crippen LogP contribution is -2.16. The number of hydrogen-bond acceptors (Lipinski definition) is 2. The monoisotopic (exact) mass is 256 g/mol. The smallest absolute Gasteiger partial charge is 0.250 e. The minimum absolute atomic E-state index is 0.270. The summed E-state index contributed by atoms with van der Waals surface area (Å²) in [4.78, 5) is 23.3. The van der Waals surface area contributed by atoms with Gasteiger partial charge in [0.25, 0.3) is 5.91 Å². The van der Waals surface area contributed by atoms with Gasteiger partial charge in [-0.25, -0.2) is 0 Å². The highest BCUT2D eigenvalue weighted by atomic mass is 16.1. The molecule has 19 heavy (non-hydrogen) atoms. The topological polar surface area (TPSA) is 65.1 Å². The number of carbonyl (C=O) groups excluding carboxylic acids is 2. The van der Waals surface area contributed by atoms with Gasteiger partial charge in [-0.15, -0.1) is 0 Å². The van der Waals surface area contributed by atoms with Crippen molar-refractivity contribution in [1.82, 2.24) is 4.57 Å². The van der Waals surface area contributed by atoms with E-state index >= 15 is 0 Å². The maximum absolute atomic E-state index is 11.7. The van der Waals surface area contributed by atoms with Gasteiger partial charge < -0.3 is 10.3 Å². The van der Waals surface area contributed by atoms with Crippen molar-refractivity contribution < 1.29 is 9.59 Å². The van der Waals surface area contributed by atoms with Crippen LogP contribution in [-0.2, 0) is 24.2 Å². The Kier molecular flexibility index (Phi) is 2.66. The maximum atomic E-state index is 11.7. The van der Waals surface area contributed by atoms with Crippen LogP contribution >= 0.6 is 0 Å². The van der Waals surface area contributed by atoms with Gasteiger partial charge in [-0.1, -0.05) is 12.1 Å². The summed E-state index contributed by atoms with van der Waals surface area (Å²) < 4.78 is 2.14. The van der Waals surface area contributed by atoms with Crippen LogP contribution in [0.2, 0.25) is 0 Å². The van der Waals surface area contributed by atoms with E-state index in [0.717, 1.165) is 29.4 Å². The Labute approximate surface area is 111 Å². The lowest BCUT2D eigenvalue weighted by Gasteiger charge is -2.14. The molecule has 4 nitrogen and oxygen atoms in total. The molecule has 4 heteroatoms. The van der Waals surface area contributed by atoms with Gasteiger partial charge in [-0.2, -0.15) is 0 Å². The van der Waals surface area contributed by atoms with E-state index in [1.807, 2.05) is 19.1 Å². The van der Waals surface area contributed by atoms with Crippen LogP contribution in [0.5, 0.6) is 0 Å². The van der Waals surface area contributed by atoms with Gasteiger partial charge in [0.2, 0.25) is 0 Å². The zero-order valence-electron chi connectivity index (χ0n) is 10.9. The van der Waals surface area contributed by atoms with Crippen LogP contribution in [0.4, 0.5) is 0 Å². The second kappa shape index (κ2) is 4.23. The van der Waals surface area contributed by atoms with Crippen molar-refractivity contribution in [2.45, 2.75) is 32.7 Å². The number of Topliss-reactive ketones (excluding diaryl/α,β-unsaturated/α-hetero) is 1. The molecule has 1 heterocycles. The van der Waals surface area contributed by atoms with Crippen molar-refractivity contribution in [2.24, 2.45) is 5.73 Å². The van der Waals surface area contributed by atoms with Gasteiger partial charge in [-0.05, 0) is 25.0 Å². The third-order valence-corrected chi connectivity index (χ3v) is 3.90. The van der Waals surface area contributed by atoms with E-state index in [1.165, 1.54) is 5.69 Å². The molecule has 1 aromatic carbocycles. The summed E-state index contributed by atoms with van der Waals surface area (Å²) >= 11 is 0. The molecule has 0 spiro atoms. The molecule has 0 saturated carbocycles. The van der Waals surface area contributed by atoms with Gasteiger partial charge in [-0.3, -0.25) is 9.59 Å². The minimum atomic E-state index is -0.415. The van der Waals surface area contributed by atoms with E-state index in [4.69, 9.17) is 5.73 Å². The van der Waals surface area contributed by atoms with Crippen LogP contribution in [0.15, 0.2) is 18.2 Å². The molecule has 0 radical (unpaired) electrons. The van der Waals surface area contributed by atoms with E-state index in [-0.39, 0.29) is 5.78 Å². The molecular weight excluding hydrogens is 240 g/mol. The first-order chi connectivity index (χ1) is 9.13.